The molecule has 8 heteroatoms. The molecule has 124 valence electrons. The Morgan fingerprint density at radius 1 is 1.55 bits per heavy atom. The van der Waals surface area contributed by atoms with E-state index >= 15 is 0 Å². The van der Waals surface area contributed by atoms with E-state index in [1.807, 2.05) is 26.3 Å². The van der Waals surface area contributed by atoms with E-state index in [0.29, 0.717) is 0 Å². The molecule has 0 aromatic carbocycles. The zero-order valence-corrected chi connectivity index (χ0v) is 14.9. The molecular weight excluding hydrogens is 322 g/mol. The van der Waals surface area contributed by atoms with Crippen LogP contribution in [0.4, 0.5) is 0 Å². The summed E-state index contributed by atoms with van der Waals surface area (Å²) in [6, 6.07) is -0.421. The van der Waals surface area contributed by atoms with Crippen LogP contribution in [0, 0.1) is 5.92 Å². The highest BCUT2D eigenvalue weighted by molar-refractivity contribution is 7.98. The fraction of sp³-hybridized carbons (Fsp3) is 0.714. The summed E-state index contributed by atoms with van der Waals surface area (Å²) in [5.41, 5.74) is 0.801. The van der Waals surface area contributed by atoms with Gasteiger partial charge in [0.25, 0.3) is 0 Å². The lowest BCUT2D eigenvalue weighted by molar-refractivity contribution is -0.136. The summed E-state index contributed by atoms with van der Waals surface area (Å²) in [4.78, 5) is 14.4. The lowest BCUT2D eigenvalue weighted by atomic mass is 10.1. The van der Waals surface area contributed by atoms with E-state index < -0.39 is 15.9 Å². The second-order valence-electron chi connectivity index (χ2n) is 5.65. The monoisotopic (exact) mass is 345 g/mol. The van der Waals surface area contributed by atoms with E-state index in [0.717, 1.165) is 17.9 Å². The molecule has 0 radical (unpaired) electrons. The molecule has 1 saturated heterocycles. The molecule has 1 fully saturated rings. The Hall–Kier alpha value is -1.02. The second-order valence-corrected chi connectivity index (χ2v) is 8.79. The Kier molecular flexibility index (Phi) is 5.55. The Morgan fingerprint density at radius 3 is 2.86 bits per heavy atom. The first-order valence-corrected chi connectivity index (χ1v) is 10.6. The highest BCUT2D eigenvalue weighted by Crippen LogP contribution is 2.28. The number of carbonyl (C=O) groups is 1. The Bertz CT molecular complexity index is 627. The molecule has 0 saturated carbocycles. The number of thioether (sulfide) groups is 1. The summed E-state index contributed by atoms with van der Waals surface area (Å²) >= 11 is 1.62. The molecule has 0 spiro atoms. The number of hydrogen-bond acceptors (Lipinski definition) is 5. The van der Waals surface area contributed by atoms with Gasteiger partial charge in [-0.05, 0) is 13.2 Å². The average Bonchev–Trinajstić information content (AvgIpc) is 2.95. The van der Waals surface area contributed by atoms with Crippen LogP contribution in [0.5, 0.6) is 0 Å². The molecule has 0 bridgehead atoms. The first-order valence-electron chi connectivity index (χ1n) is 7.40. The molecule has 1 aliphatic rings. The molecule has 0 unspecified atom stereocenters. The van der Waals surface area contributed by atoms with Crippen molar-refractivity contribution in [3.8, 4) is 0 Å². The number of aromatic nitrogens is 2. The molecule has 0 N–H and O–H groups in total. The largest absolute Gasteiger partial charge is 0.333 e. The highest BCUT2D eigenvalue weighted by Gasteiger charge is 2.37. The molecule has 0 aliphatic carbocycles. The van der Waals surface area contributed by atoms with Crippen molar-refractivity contribution in [2.24, 2.45) is 5.92 Å². The lowest BCUT2D eigenvalue weighted by Crippen LogP contribution is -2.48. The van der Waals surface area contributed by atoms with E-state index in [-0.39, 0.29) is 29.9 Å². The van der Waals surface area contributed by atoms with E-state index in [1.54, 1.807) is 27.5 Å². The summed E-state index contributed by atoms with van der Waals surface area (Å²) in [5.74, 6) is 0.685. The van der Waals surface area contributed by atoms with Crippen molar-refractivity contribution in [3.63, 3.8) is 0 Å². The van der Waals surface area contributed by atoms with Crippen molar-refractivity contribution in [3.05, 3.63) is 18.0 Å². The van der Waals surface area contributed by atoms with E-state index in [2.05, 4.69) is 5.10 Å². The van der Waals surface area contributed by atoms with E-state index in [9.17, 15) is 13.2 Å². The van der Waals surface area contributed by atoms with Crippen molar-refractivity contribution in [2.75, 3.05) is 30.1 Å². The van der Waals surface area contributed by atoms with Crippen LogP contribution in [0.15, 0.2) is 12.4 Å². The van der Waals surface area contributed by atoms with Gasteiger partial charge < -0.3 is 4.90 Å². The lowest BCUT2D eigenvalue weighted by Gasteiger charge is -2.36. The number of nitrogens with zero attached hydrogens (tertiary/aromatic N) is 3. The van der Waals surface area contributed by atoms with E-state index in [1.165, 1.54) is 0 Å². The quantitative estimate of drug-likeness (QED) is 0.802. The number of carbonyl (C=O) groups excluding carboxylic acids is 1. The van der Waals surface area contributed by atoms with Crippen LogP contribution in [0.25, 0.3) is 0 Å². The molecule has 1 amide bonds. The maximum absolute atomic E-state index is 12.6. The molecule has 22 heavy (non-hydrogen) atoms. The number of sulfone groups is 1. The third-order valence-electron chi connectivity index (χ3n) is 3.91. The minimum Gasteiger partial charge on any atom is -0.333 e. The predicted octanol–water partition coefficient (Wildman–Crippen LogP) is 1.20. The maximum atomic E-state index is 12.6. The summed E-state index contributed by atoms with van der Waals surface area (Å²) in [5, 5.41) is 4.21. The van der Waals surface area contributed by atoms with Crippen LogP contribution in [0.2, 0.25) is 0 Å². The van der Waals surface area contributed by atoms with Crippen LogP contribution in [0.3, 0.4) is 0 Å². The Balaban J connectivity index is 2.28. The molecule has 1 aromatic rings. The third kappa shape index (κ3) is 3.84. The predicted molar refractivity (Wildman–Crippen MR) is 88.6 cm³/mol. The number of aryl methyl sites for hydroxylation is 1. The minimum atomic E-state index is -3.12. The summed E-state index contributed by atoms with van der Waals surface area (Å²) in [7, 11) is -3.12. The van der Waals surface area contributed by atoms with Gasteiger partial charge in [-0.2, -0.15) is 16.9 Å². The van der Waals surface area contributed by atoms with Gasteiger partial charge in [0.2, 0.25) is 5.91 Å². The van der Waals surface area contributed by atoms with Gasteiger partial charge in [-0.3, -0.25) is 9.48 Å². The average molecular weight is 345 g/mol. The van der Waals surface area contributed by atoms with Crippen molar-refractivity contribution in [2.45, 2.75) is 26.4 Å². The molecule has 2 rings (SSSR count). The Labute approximate surface area is 136 Å². The normalized spacial score (nSPS) is 22.5. The van der Waals surface area contributed by atoms with Crippen LogP contribution in [0.1, 0.15) is 25.5 Å². The van der Waals surface area contributed by atoms with Crippen LogP contribution in [-0.2, 0) is 21.2 Å². The SMILES string of the molecule is CCn1cc([C@H]2CS(=O)(=O)CCN2C(=O)[C@@H](C)CSC)cn1. The standard InChI is InChI=1S/C14H23N3O3S2/c1-4-16-8-12(7-15-16)13-10-22(19,20)6-5-17(13)14(18)11(2)9-21-3/h7-8,11,13H,4-6,9-10H2,1-3H3/t11-,13+/m0/s1. The van der Waals surface area contributed by atoms with Gasteiger partial charge in [-0.15, -0.1) is 0 Å². The molecule has 2 heterocycles. The van der Waals surface area contributed by atoms with Gasteiger partial charge in [-0.1, -0.05) is 6.92 Å². The molecule has 1 aromatic heterocycles. The third-order valence-corrected chi connectivity index (χ3v) is 6.38. The minimum absolute atomic E-state index is 0.0138. The highest BCUT2D eigenvalue weighted by atomic mass is 32.2. The second kappa shape index (κ2) is 7.04. The summed E-state index contributed by atoms with van der Waals surface area (Å²) < 4.78 is 25.8. The first kappa shape index (κ1) is 17.3. The van der Waals surface area contributed by atoms with Crippen LogP contribution in [-0.4, -0.2) is 59.1 Å². The maximum Gasteiger partial charge on any atom is 0.226 e. The number of hydrogen-bond donors (Lipinski definition) is 0. The van der Waals surface area contributed by atoms with Gasteiger partial charge in [0, 0.05) is 36.5 Å². The van der Waals surface area contributed by atoms with Gasteiger partial charge in [0.15, 0.2) is 9.84 Å². The number of rotatable bonds is 5. The smallest absolute Gasteiger partial charge is 0.226 e. The van der Waals surface area contributed by atoms with Gasteiger partial charge >= 0.3 is 0 Å². The van der Waals surface area contributed by atoms with Crippen molar-refractivity contribution in [1.82, 2.24) is 14.7 Å². The van der Waals surface area contributed by atoms with Gasteiger partial charge in [-0.25, -0.2) is 8.42 Å². The van der Waals surface area contributed by atoms with Crippen LogP contribution >= 0.6 is 11.8 Å². The first-order chi connectivity index (χ1) is 10.4. The molecule has 1 aliphatic heterocycles. The molecule has 2 atom stereocenters. The van der Waals surface area contributed by atoms with Crippen molar-refractivity contribution < 1.29 is 13.2 Å². The molecule has 6 nitrogen and oxygen atoms in total. The van der Waals surface area contributed by atoms with E-state index in [4.69, 9.17) is 0 Å². The summed E-state index contributed by atoms with van der Waals surface area (Å²) in [6.07, 6.45) is 5.48. The van der Waals surface area contributed by atoms with Gasteiger partial charge in [0.05, 0.1) is 23.7 Å². The van der Waals surface area contributed by atoms with Gasteiger partial charge in [0.1, 0.15) is 0 Å². The fourth-order valence-electron chi connectivity index (χ4n) is 2.68. The van der Waals surface area contributed by atoms with Crippen molar-refractivity contribution >= 4 is 27.5 Å². The Morgan fingerprint density at radius 2 is 2.27 bits per heavy atom. The van der Waals surface area contributed by atoms with Crippen LogP contribution < -0.4 is 0 Å². The molecular formula is C14H23N3O3S2. The number of amides is 1. The zero-order chi connectivity index (χ0) is 16.3. The topological polar surface area (TPSA) is 72.3 Å². The summed E-state index contributed by atoms with van der Waals surface area (Å²) in [6.45, 7) is 4.85. The zero-order valence-electron chi connectivity index (χ0n) is 13.2. The fourth-order valence-corrected chi connectivity index (χ4v) is 4.81. The van der Waals surface area contributed by atoms with Crippen molar-refractivity contribution in [1.29, 1.82) is 0 Å².